The average molecular weight is 226 g/mol. The summed E-state index contributed by atoms with van der Waals surface area (Å²) >= 11 is 1.74. The number of anilines is 1. The van der Waals surface area contributed by atoms with Crippen LogP contribution in [0.2, 0.25) is 0 Å². The van der Waals surface area contributed by atoms with E-state index in [4.69, 9.17) is 4.74 Å². The molecule has 1 aromatic rings. The van der Waals surface area contributed by atoms with E-state index in [0.717, 1.165) is 30.5 Å². The first-order valence-electron chi connectivity index (χ1n) is 5.45. The fraction of sp³-hybridized carbons (Fsp3) is 0.727. The van der Waals surface area contributed by atoms with Gasteiger partial charge in [0.25, 0.3) is 0 Å². The van der Waals surface area contributed by atoms with Gasteiger partial charge in [0.05, 0.1) is 12.3 Å². The van der Waals surface area contributed by atoms with E-state index in [9.17, 15) is 0 Å². The van der Waals surface area contributed by atoms with Crippen molar-refractivity contribution in [2.24, 2.45) is 5.92 Å². The third-order valence-electron chi connectivity index (χ3n) is 3.05. The zero-order chi connectivity index (χ0) is 10.8. The van der Waals surface area contributed by atoms with Gasteiger partial charge in [0.15, 0.2) is 5.13 Å². The van der Waals surface area contributed by atoms with Gasteiger partial charge in [-0.25, -0.2) is 4.98 Å². The Kier molecular flexibility index (Phi) is 3.26. The summed E-state index contributed by atoms with van der Waals surface area (Å²) in [4.78, 5) is 5.79. The van der Waals surface area contributed by atoms with Crippen molar-refractivity contribution in [3.05, 3.63) is 10.6 Å². The van der Waals surface area contributed by atoms with Crippen LogP contribution in [0.4, 0.5) is 5.13 Å². The first-order chi connectivity index (χ1) is 7.16. The smallest absolute Gasteiger partial charge is 0.183 e. The molecule has 1 saturated heterocycles. The monoisotopic (exact) mass is 226 g/mol. The van der Waals surface area contributed by atoms with Crippen molar-refractivity contribution >= 4 is 16.5 Å². The second-order valence-corrected chi connectivity index (χ2v) is 5.42. The van der Waals surface area contributed by atoms with Crippen LogP contribution in [0.3, 0.4) is 0 Å². The van der Waals surface area contributed by atoms with Gasteiger partial charge >= 0.3 is 0 Å². The molecule has 1 aliphatic rings. The van der Waals surface area contributed by atoms with Gasteiger partial charge in [-0.15, -0.1) is 11.3 Å². The van der Waals surface area contributed by atoms with E-state index >= 15 is 0 Å². The summed E-state index contributed by atoms with van der Waals surface area (Å²) in [7, 11) is 0. The van der Waals surface area contributed by atoms with E-state index in [1.165, 1.54) is 4.88 Å². The number of aromatic nitrogens is 1. The molecule has 2 atom stereocenters. The highest BCUT2D eigenvalue weighted by Crippen LogP contribution is 2.25. The molecule has 1 fully saturated rings. The lowest BCUT2D eigenvalue weighted by atomic mass is 10.0. The van der Waals surface area contributed by atoms with Crippen molar-refractivity contribution in [1.29, 1.82) is 0 Å². The van der Waals surface area contributed by atoms with E-state index in [0.29, 0.717) is 12.0 Å². The van der Waals surface area contributed by atoms with Crippen LogP contribution in [0.5, 0.6) is 0 Å². The number of aryl methyl sites for hydroxylation is 2. The van der Waals surface area contributed by atoms with Gasteiger partial charge in [-0.3, -0.25) is 0 Å². The molecule has 3 nitrogen and oxygen atoms in total. The van der Waals surface area contributed by atoms with Crippen molar-refractivity contribution in [2.45, 2.75) is 33.2 Å². The normalized spacial score (nSPS) is 23.0. The van der Waals surface area contributed by atoms with E-state index < -0.39 is 0 Å². The Balaban J connectivity index is 1.95. The van der Waals surface area contributed by atoms with Gasteiger partial charge in [0.1, 0.15) is 0 Å². The van der Waals surface area contributed by atoms with Crippen LogP contribution in [0.15, 0.2) is 0 Å². The van der Waals surface area contributed by atoms with E-state index in [-0.39, 0.29) is 0 Å². The molecular formula is C11H18N2OS. The molecule has 1 N–H and O–H groups in total. The number of thiazole rings is 1. The molecule has 0 bridgehead atoms. The fourth-order valence-corrected chi connectivity index (χ4v) is 2.70. The Bertz CT molecular complexity index is 312. The summed E-state index contributed by atoms with van der Waals surface area (Å²) in [6.45, 7) is 8.18. The molecule has 2 rings (SSSR count). The predicted octanol–water partition coefficient (Wildman–Crippen LogP) is 2.60. The Morgan fingerprint density at radius 3 is 2.87 bits per heavy atom. The van der Waals surface area contributed by atoms with E-state index in [2.05, 4.69) is 31.1 Å². The number of hydrogen-bond acceptors (Lipinski definition) is 4. The largest absolute Gasteiger partial charge is 0.381 e. The Hall–Kier alpha value is -0.610. The lowest BCUT2D eigenvalue weighted by Crippen LogP contribution is -2.25. The van der Waals surface area contributed by atoms with Crippen LogP contribution in [0.1, 0.15) is 23.9 Å². The van der Waals surface area contributed by atoms with Crippen molar-refractivity contribution in [3.8, 4) is 0 Å². The number of ether oxygens (including phenoxy) is 1. The summed E-state index contributed by atoms with van der Waals surface area (Å²) in [6.07, 6.45) is 1.16. The Labute approximate surface area is 94.9 Å². The molecule has 0 aromatic carbocycles. The molecule has 0 spiro atoms. The summed E-state index contributed by atoms with van der Waals surface area (Å²) in [5, 5.41) is 4.52. The highest BCUT2D eigenvalue weighted by atomic mass is 32.1. The Morgan fingerprint density at radius 1 is 1.53 bits per heavy atom. The molecule has 15 heavy (non-hydrogen) atoms. The van der Waals surface area contributed by atoms with Crippen LogP contribution in [0.25, 0.3) is 0 Å². The van der Waals surface area contributed by atoms with Gasteiger partial charge in [0, 0.05) is 23.4 Å². The maximum Gasteiger partial charge on any atom is 0.183 e. The first kappa shape index (κ1) is 10.9. The molecule has 1 aromatic heterocycles. The molecule has 0 amide bonds. The van der Waals surface area contributed by atoms with Gasteiger partial charge in [-0.05, 0) is 27.2 Å². The van der Waals surface area contributed by atoms with Crippen LogP contribution < -0.4 is 5.32 Å². The third kappa shape index (κ3) is 2.49. The van der Waals surface area contributed by atoms with Gasteiger partial charge in [-0.1, -0.05) is 0 Å². The second kappa shape index (κ2) is 4.49. The highest BCUT2D eigenvalue weighted by Gasteiger charge is 2.22. The minimum Gasteiger partial charge on any atom is -0.381 e. The minimum absolute atomic E-state index is 0.456. The Morgan fingerprint density at radius 2 is 2.33 bits per heavy atom. The zero-order valence-electron chi connectivity index (χ0n) is 9.54. The van der Waals surface area contributed by atoms with Crippen molar-refractivity contribution in [2.75, 3.05) is 18.5 Å². The topological polar surface area (TPSA) is 34.2 Å². The van der Waals surface area contributed by atoms with Gasteiger partial charge < -0.3 is 10.1 Å². The summed E-state index contributed by atoms with van der Waals surface area (Å²) in [5.74, 6) is 0.634. The SMILES string of the molecule is Cc1nc(NC(C)C2CCOC2)sc1C. The van der Waals surface area contributed by atoms with Crippen molar-refractivity contribution in [1.82, 2.24) is 4.98 Å². The average Bonchev–Trinajstić information content (AvgIpc) is 2.77. The van der Waals surface area contributed by atoms with Crippen LogP contribution in [-0.2, 0) is 4.74 Å². The molecule has 0 radical (unpaired) electrons. The molecule has 2 unspecified atom stereocenters. The molecule has 84 valence electrons. The first-order valence-corrected chi connectivity index (χ1v) is 6.27. The minimum atomic E-state index is 0.456. The summed E-state index contributed by atoms with van der Waals surface area (Å²) in [6, 6.07) is 0.456. The van der Waals surface area contributed by atoms with Crippen LogP contribution in [-0.4, -0.2) is 24.2 Å². The zero-order valence-corrected chi connectivity index (χ0v) is 10.4. The van der Waals surface area contributed by atoms with Crippen molar-refractivity contribution in [3.63, 3.8) is 0 Å². The lowest BCUT2D eigenvalue weighted by Gasteiger charge is -2.18. The summed E-state index contributed by atoms with van der Waals surface area (Å²) < 4.78 is 5.39. The third-order valence-corrected chi connectivity index (χ3v) is 4.06. The number of hydrogen-bond donors (Lipinski definition) is 1. The number of nitrogens with one attached hydrogen (secondary N) is 1. The fourth-order valence-electron chi connectivity index (χ4n) is 1.79. The molecule has 4 heteroatoms. The molecule has 0 aliphatic carbocycles. The van der Waals surface area contributed by atoms with Gasteiger partial charge in [0.2, 0.25) is 0 Å². The van der Waals surface area contributed by atoms with Crippen LogP contribution in [0, 0.1) is 19.8 Å². The second-order valence-electron chi connectivity index (χ2n) is 4.22. The van der Waals surface area contributed by atoms with Crippen LogP contribution >= 0.6 is 11.3 Å². The highest BCUT2D eigenvalue weighted by molar-refractivity contribution is 7.15. The van der Waals surface area contributed by atoms with E-state index in [1.807, 2.05) is 0 Å². The number of nitrogens with zero attached hydrogens (tertiary/aromatic N) is 1. The molecular weight excluding hydrogens is 208 g/mol. The number of rotatable bonds is 3. The van der Waals surface area contributed by atoms with Crippen molar-refractivity contribution < 1.29 is 4.74 Å². The standard InChI is InChI=1S/C11H18N2OS/c1-7-9(3)15-11(12-7)13-8(2)10-4-5-14-6-10/h8,10H,4-6H2,1-3H3,(H,12,13). The van der Waals surface area contributed by atoms with E-state index in [1.54, 1.807) is 11.3 Å². The maximum atomic E-state index is 5.39. The predicted molar refractivity (Wildman–Crippen MR) is 63.6 cm³/mol. The van der Waals surface area contributed by atoms with Gasteiger partial charge in [-0.2, -0.15) is 0 Å². The summed E-state index contributed by atoms with van der Waals surface area (Å²) in [5.41, 5.74) is 1.14. The molecule has 1 aliphatic heterocycles. The molecule has 0 saturated carbocycles. The maximum absolute atomic E-state index is 5.39. The molecule has 2 heterocycles. The lowest BCUT2D eigenvalue weighted by molar-refractivity contribution is 0.183. The quantitative estimate of drug-likeness (QED) is 0.860.